The number of ether oxygens (including phenoxy) is 3. The van der Waals surface area contributed by atoms with Crippen LogP contribution in [0.2, 0.25) is 0 Å². The second-order valence-corrected chi connectivity index (χ2v) is 8.63. The standard InChI is InChI=1S/C28H30O4/c1-20-10-6-7-11-22(20)19-31-25-16-14-21(18-26(25)30-5)15-17-27(29)32-24-13-9-8-12-23(24)28(2,3)4/h6-18H,19H2,1-5H3/b17-15+. The molecule has 32 heavy (non-hydrogen) atoms. The minimum absolute atomic E-state index is 0.123. The molecule has 3 rings (SSSR count). The van der Waals surface area contributed by atoms with Crippen LogP contribution in [0.1, 0.15) is 43.0 Å². The second kappa shape index (κ2) is 10.2. The first-order chi connectivity index (χ1) is 15.3. The van der Waals surface area contributed by atoms with Gasteiger partial charge in [-0.05, 0) is 53.3 Å². The smallest absolute Gasteiger partial charge is 0.336 e. The van der Waals surface area contributed by atoms with Crippen molar-refractivity contribution in [1.82, 2.24) is 0 Å². The van der Waals surface area contributed by atoms with Gasteiger partial charge in [0, 0.05) is 11.6 Å². The van der Waals surface area contributed by atoms with Crippen molar-refractivity contribution >= 4 is 12.0 Å². The van der Waals surface area contributed by atoms with Gasteiger partial charge >= 0.3 is 5.97 Å². The highest BCUT2D eigenvalue weighted by Gasteiger charge is 2.19. The van der Waals surface area contributed by atoms with E-state index in [2.05, 4.69) is 33.8 Å². The number of esters is 1. The summed E-state index contributed by atoms with van der Waals surface area (Å²) in [6.45, 7) is 8.78. The fourth-order valence-electron chi connectivity index (χ4n) is 3.32. The molecule has 0 aliphatic carbocycles. The summed E-state index contributed by atoms with van der Waals surface area (Å²) in [7, 11) is 1.60. The molecule has 166 valence electrons. The van der Waals surface area contributed by atoms with Gasteiger partial charge in [0.25, 0.3) is 0 Å². The lowest BCUT2D eigenvalue weighted by Crippen LogP contribution is -2.15. The Balaban J connectivity index is 1.69. The molecule has 3 aromatic carbocycles. The minimum atomic E-state index is -0.430. The third kappa shape index (κ3) is 6.01. The van der Waals surface area contributed by atoms with E-state index in [4.69, 9.17) is 14.2 Å². The van der Waals surface area contributed by atoms with Crippen LogP contribution < -0.4 is 14.2 Å². The summed E-state index contributed by atoms with van der Waals surface area (Å²) in [6, 6.07) is 21.3. The fraction of sp³-hybridized carbons (Fsp3) is 0.250. The monoisotopic (exact) mass is 430 g/mol. The molecular weight excluding hydrogens is 400 g/mol. The van der Waals surface area contributed by atoms with Gasteiger partial charge in [0.1, 0.15) is 12.4 Å². The van der Waals surface area contributed by atoms with Gasteiger partial charge in [0.2, 0.25) is 0 Å². The molecule has 0 aliphatic heterocycles. The molecular formula is C28H30O4. The number of methoxy groups -OCH3 is 1. The van der Waals surface area contributed by atoms with Gasteiger partial charge in [-0.15, -0.1) is 0 Å². The first-order valence-corrected chi connectivity index (χ1v) is 10.6. The summed E-state index contributed by atoms with van der Waals surface area (Å²) >= 11 is 0. The van der Waals surface area contributed by atoms with Crippen LogP contribution in [0, 0.1) is 6.92 Å². The SMILES string of the molecule is COc1cc(/C=C/C(=O)Oc2ccccc2C(C)(C)C)ccc1OCc1ccccc1C. The minimum Gasteiger partial charge on any atom is -0.493 e. The Morgan fingerprint density at radius 1 is 0.906 bits per heavy atom. The molecule has 0 aromatic heterocycles. The van der Waals surface area contributed by atoms with E-state index < -0.39 is 5.97 Å². The zero-order valence-corrected chi connectivity index (χ0v) is 19.3. The van der Waals surface area contributed by atoms with Gasteiger partial charge < -0.3 is 14.2 Å². The molecule has 3 aromatic rings. The van der Waals surface area contributed by atoms with Crippen LogP contribution in [-0.2, 0) is 16.8 Å². The molecule has 0 radical (unpaired) electrons. The molecule has 0 atom stereocenters. The van der Waals surface area contributed by atoms with Gasteiger partial charge in [-0.2, -0.15) is 0 Å². The van der Waals surface area contributed by atoms with Crippen molar-refractivity contribution < 1.29 is 19.0 Å². The first-order valence-electron chi connectivity index (χ1n) is 10.6. The summed E-state index contributed by atoms with van der Waals surface area (Å²) in [4.78, 5) is 12.4. The van der Waals surface area contributed by atoms with Crippen molar-refractivity contribution in [2.24, 2.45) is 0 Å². The number of hydrogen-bond acceptors (Lipinski definition) is 4. The van der Waals surface area contributed by atoms with Crippen LogP contribution in [0.5, 0.6) is 17.2 Å². The fourth-order valence-corrected chi connectivity index (χ4v) is 3.32. The maximum atomic E-state index is 12.4. The lowest BCUT2D eigenvalue weighted by Gasteiger charge is -2.21. The van der Waals surface area contributed by atoms with E-state index in [1.54, 1.807) is 13.2 Å². The van der Waals surface area contributed by atoms with Gasteiger partial charge in [0.05, 0.1) is 7.11 Å². The highest BCUT2D eigenvalue weighted by atomic mass is 16.5. The second-order valence-electron chi connectivity index (χ2n) is 8.63. The molecule has 0 aliphatic rings. The van der Waals surface area contributed by atoms with Gasteiger partial charge in [0.15, 0.2) is 11.5 Å². The Kier molecular flexibility index (Phi) is 7.37. The van der Waals surface area contributed by atoms with Crippen LogP contribution in [-0.4, -0.2) is 13.1 Å². The van der Waals surface area contributed by atoms with Crippen LogP contribution in [0.3, 0.4) is 0 Å². The summed E-state index contributed by atoms with van der Waals surface area (Å²) < 4.78 is 17.0. The number of carbonyl (C=O) groups is 1. The number of hydrogen-bond donors (Lipinski definition) is 0. The maximum Gasteiger partial charge on any atom is 0.336 e. The van der Waals surface area contributed by atoms with Crippen LogP contribution in [0.25, 0.3) is 6.08 Å². The van der Waals surface area contributed by atoms with Crippen LogP contribution in [0.4, 0.5) is 0 Å². The van der Waals surface area contributed by atoms with Crippen molar-refractivity contribution in [2.75, 3.05) is 7.11 Å². The van der Waals surface area contributed by atoms with Crippen molar-refractivity contribution in [2.45, 2.75) is 39.7 Å². The summed E-state index contributed by atoms with van der Waals surface area (Å²) in [5, 5.41) is 0. The highest BCUT2D eigenvalue weighted by molar-refractivity contribution is 5.89. The highest BCUT2D eigenvalue weighted by Crippen LogP contribution is 2.32. The molecule has 0 unspecified atom stereocenters. The lowest BCUT2D eigenvalue weighted by atomic mass is 9.86. The van der Waals surface area contributed by atoms with Crippen molar-refractivity contribution in [1.29, 1.82) is 0 Å². The maximum absolute atomic E-state index is 12.4. The molecule has 0 saturated carbocycles. The largest absolute Gasteiger partial charge is 0.493 e. The zero-order chi connectivity index (χ0) is 23.1. The number of aryl methyl sites for hydroxylation is 1. The number of carbonyl (C=O) groups excluding carboxylic acids is 1. The van der Waals surface area contributed by atoms with Crippen molar-refractivity contribution in [3.63, 3.8) is 0 Å². The Morgan fingerprint density at radius 3 is 2.34 bits per heavy atom. The number of benzene rings is 3. The van der Waals surface area contributed by atoms with Crippen LogP contribution >= 0.6 is 0 Å². The Hall–Kier alpha value is -3.53. The Morgan fingerprint density at radius 2 is 1.62 bits per heavy atom. The molecule has 0 fully saturated rings. The predicted octanol–water partition coefficient (Wildman–Crippen LogP) is 6.50. The number of rotatable bonds is 7. The Labute approximate surface area is 190 Å². The molecule has 4 nitrogen and oxygen atoms in total. The lowest BCUT2D eigenvalue weighted by molar-refractivity contribution is -0.128. The van der Waals surface area contributed by atoms with E-state index in [1.807, 2.05) is 60.7 Å². The molecule has 0 N–H and O–H groups in total. The predicted molar refractivity (Wildman–Crippen MR) is 128 cm³/mol. The molecule has 0 bridgehead atoms. The molecule has 0 saturated heterocycles. The third-order valence-corrected chi connectivity index (χ3v) is 5.15. The summed E-state index contributed by atoms with van der Waals surface area (Å²) in [6.07, 6.45) is 3.12. The van der Waals surface area contributed by atoms with Gasteiger partial charge in [-0.3, -0.25) is 0 Å². The van der Waals surface area contributed by atoms with Gasteiger partial charge in [-0.1, -0.05) is 69.3 Å². The molecule has 4 heteroatoms. The van der Waals surface area contributed by atoms with E-state index in [0.717, 1.165) is 16.7 Å². The van der Waals surface area contributed by atoms with E-state index in [1.165, 1.54) is 11.6 Å². The average Bonchev–Trinajstić information content (AvgIpc) is 2.77. The molecule has 0 heterocycles. The topological polar surface area (TPSA) is 44.8 Å². The molecule has 0 amide bonds. The van der Waals surface area contributed by atoms with E-state index >= 15 is 0 Å². The normalized spacial score (nSPS) is 11.4. The first kappa shape index (κ1) is 23.1. The van der Waals surface area contributed by atoms with Gasteiger partial charge in [-0.25, -0.2) is 4.79 Å². The van der Waals surface area contributed by atoms with E-state index in [0.29, 0.717) is 23.9 Å². The third-order valence-electron chi connectivity index (χ3n) is 5.15. The molecule has 0 spiro atoms. The quantitative estimate of drug-likeness (QED) is 0.244. The van der Waals surface area contributed by atoms with Crippen LogP contribution in [0.15, 0.2) is 72.8 Å². The van der Waals surface area contributed by atoms with E-state index in [-0.39, 0.29) is 5.41 Å². The van der Waals surface area contributed by atoms with E-state index in [9.17, 15) is 4.79 Å². The summed E-state index contributed by atoms with van der Waals surface area (Å²) in [5.74, 6) is 1.40. The Bertz CT molecular complexity index is 1110. The summed E-state index contributed by atoms with van der Waals surface area (Å²) in [5.41, 5.74) is 3.97. The zero-order valence-electron chi connectivity index (χ0n) is 19.3. The van der Waals surface area contributed by atoms with Crippen molar-refractivity contribution in [3.8, 4) is 17.2 Å². The number of para-hydroxylation sites is 1. The average molecular weight is 431 g/mol. The van der Waals surface area contributed by atoms with Crippen molar-refractivity contribution in [3.05, 3.63) is 95.1 Å².